The van der Waals surface area contributed by atoms with Crippen molar-refractivity contribution in [2.45, 2.75) is 45.8 Å². The van der Waals surface area contributed by atoms with Crippen molar-refractivity contribution in [3.8, 4) is 16.9 Å². The molecule has 1 N–H and O–H groups in total. The maximum Gasteiger partial charge on any atom is 0.408 e. The van der Waals surface area contributed by atoms with Crippen LogP contribution in [0.15, 0.2) is 57.7 Å². The molecule has 0 aliphatic heterocycles. The second-order valence-electron chi connectivity index (χ2n) is 8.15. The molecular formula is C24H24ClNO6. The van der Waals surface area contributed by atoms with Gasteiger partial charge >= 0.3 is 17.7 Å². The van der Waals surface area contributed by atoms with E-state index in [2.05, 4.69) is 5.32 Å². The standard InChI is InChI=1S/C24H24ClNO6/c1-5-18(26-23(29)32-24(2,3)4)22(28)31-20-13-19-16(11-17(20)25)15(12-21(27)30-19)14-9-7-6-8-10-14/h6-13,18H,5H2,1-4H3,(H,26,29). The van der Waals surface area contributed by atoms with Crippen LogP contribution in [0.5, 0.6) is 5.75 Å². The minimum Gasteiger partial charge on any atom is -0.444 e. The number of alkyl carbamates (subject to hydrolysis) is 1. The Morgan fingerprint density at radius 1 is 1.12 bits per heavy atom. The van der Waals surface area contributed by atoms with E-state index in [0.29, 0.717) is 10.9 Å². The van der Waals surface area contributed by atoms with Crippen molar-refractivity contribution >= 4 is 34.6 Å². The van der Waals surface area contributed by atoms with Crippen LogP contribution in [0.1, 0.15) is 34.1 Å². The average molecular weight is 458 g/mol. The van der Waals surface area contributed by atoms with Crippen LogP contribution in [-0.2, 0) is 9.53 Å². The summed E-state index contributed by atoms with van der Waals surface area (Å²) >= 11 is 6.38. The highest BCUT2D eigenvalue weighted by Gasteiger charge is 2.25. The Labute approximate surface area is 190 Å². The lowest BCUT2D eigenvalue weighted by molar-refractivity contribution is -0.136. The average Bonchev–Trinajstić information content (AvgIpc) is 2.71. The van der Waals surface area contributed by atoms with Crippen LogP contribution >= 0.6 is 11.6 Å². The van der Waals surface area contributed by atoms with E-state index in [0.717, 1.165) is 5.56 Å². The third-order valence-electron chi connectivity index (χ3n) is 4.48. The van der Waals surface area contributed by atoms with Gasteiger partial charge < -0.3 is 19.2 Å². The minimum absolute atomic E-state index is 0.0157. The Hall–Kier alpha value is -3.32. The van der Waals surface area contributed by atoms with Gasteiger partial charge in [-0.05, 0) is 44.4 Å². The highest BCUT2D eigenvalue weighted by atomic mass is 35.5. The highest BCUT2D eigenvalue weighted by Crippen LogP contribution is 2.35. The number of carbonyl (C=O) groups excluding carboxylic acids is 2. The normalized spacial score (nSPS) is 12.3. The van der Waals surface area contributed by atoms with Gasteiger partial charge in [0.25, 0.3) is 0 Å². The second kappa shape index (κ2) is 9.44. The van der Waals surface area contributed by atoms with Gasteiger partial charge in [-0.3, -0.25) is 0 Å². The van der Waals surface area contributed by atoms with Crippen LogP contribution in [0.3, 0.4) is 0 Å². The molecule has 168 valence electrons. The fourth-order valence-corrected chi connectivity index (χ4v) is 3.26. The predicted octanol–water partition coefficient (Wildman–Crippen LogP) is 5.32. The molecule has 1 amide bonds. The summed E-state index contributed by atoms with van der Waals surface area (Å²) in [4.78, 5) is 36.8. The summed E-state index contributed by atoms with van der Waals surface area (Å²) < 4.78 is 15.9. The first-order valence-electron chi connectivity index (χ1n) is 10.1. The zero-order chi connectivity index (χ0) is 23.5. The van der Waals surface area contributed by atoms with Crippen molar-refractivity contribution in [3.05, 3.63) is 64.0 Å². The summed E-state index contributed by atoms with van der Waals surface area (Å²) in [6.45, 7) is 6.88. The zero-order valence-electron chi connectivity index (χ0n) is 18.2. The van der Waals surface area contributed by atoms with E-state index in [-0.39, 0.29) is 22.8 Å². The first-order chi connectivity index (χ1) is 15.1. The van der Waals surface area contributed by atoms with Crippen LogP contribution in [0.25, 0.3) is 22.1 Å². The van der Waals surface area contributed by atoms with Gasteiger partial charge in [0, 0.05) is 17.5 Å². The van der Waals surface area contributed by atoms with Gasteiger partial charge in [-0.15, -0.1) is 0 Å². The Kier molecular flexibility index (Phi) is 6.89. The first-order valence-corrected chi connectivity index (χ1v) is 10.5. The SMILES string of the molecule is CCC(NC(=O)OC(C)(C)C)C(=O)Oc1cc2oc(=O)cc(-c3ccccc3)c2cc1Cl. The Morgan fingerprint density at radius 3 is 2.44 bits per heavy atom. The van der Waals surface area contributed by atoms with Gasteiger partial charge in [-0.1, -0.05) is 48.9 Å². The highest BCUT2D eigenvalue weighted by molar-refractivity contribution is 6.33. The van der Waals surface area contributed by atoms with Crippen molar-refractivity contribution < 1.29 is 23.5 Å². The molecule has 0 aliphatic rings. The molecule has 3 rings (SSSR count). The zero-order valence-corrected chi connectivity index (χ0v) is 19.0. The van der Waals surface area contributed by atoms with Crippen molar-refractivity contribution in [1.82, 2.24) is 5.32 Å². The van der Waals surface area contributed by atoms with E-state index in [9.17, 15) is 14.4 Å². The number of amides is 1. The lowest BCUT2D eigenvalue weighted by Gasteiger charge is -2.22. The predicted molar refractivity (Wildman–Crippen MR) is 122 cm³/mol. The van der Waals surface area contributed by atoms with Gasteiger partial charge in [0.15, 0.2) is 5.75 Å². The second-order valence-corrected chi connectivity index (χ2v) is 8.56. The van der Waals surface area contributed by atoms with E-state index in [1.807, 2.05) is 30.3 Å². The van der Waals surface area contributed by atoms with Gasteiger partial charge in [0.05, 0.1) is 5.02 Å². The number of hydrogen-bond acceptors (Lipinski definition) is 6. The van der Waals surface area contributed by atoms with Crippen LogP contribution in [0.4, 0.5) is 4.79 Å². The number of fused-ring (bicyclic) bond motifs is 1. The molecule has 0 spiro atoms. The van der Waals surface area contributed by atoms with Crippen molar-refractivity contribution in [1.29, 1.82) is 0 Å². The Balaban J connectivity index is 1.89. The topological polar surface area (TPSA) is 94.8 Å². The quantitative estimate of drug-likeness (QED) is 0.316. The van der Waals surface area contributed by atoms with Gasteiger partial charge in [-0.2, -0.15) is 0 Å². The Bertz CT molecular complexity index is 1200. The molecule has 3 aromatic rings. The van der Waals surface area contributed by atoms with E-state index >= 15 is 0 Å². The molecule has 0 bridgehead atoms. The van der Waals surface area contributed by atoms with E-state index in [1.165, 1.54) is 12.1 Å². The lowest BCUT2D eigenvalue weighted by atomic mass is 10.0. The number of hydrogen-bond donors (Lipinski definition) is 1. The van der Waals surface area contributed by atoms with Gasteiger partial charge in [-0.25, -0.2) is 14.4 Å². The summed E-state index contributed by atoms with van der Waals surface area (Å²) in [6.07, 6.45) is -0.458. The molecule has 1 atom stereocenters. The van der Waals surface area contributed by atoms with Crippen molar-refractivity contribution in [3.63, 3.8) is 0 Å². The summed E-state index contributed by atoms with van der Waals surface area (Å²) in [5.41, 5.74) is 0.432. The van der Waals surface area contributed by atoms with E-state index in [1.54, 1.807) is 33.8 Å². The minimum atomic E-state index is -0.945. The third kappa shape index (κ3) is 5.68. The lowest BCUT2D eigenvalue weighted by Crippen LogP contribution is -2.44. The monoisotopic (exact) mass is 457 g/mol. The van der Waals surface area contributed by atoms with Crippen LogP contribution in [0.2, 0.25) is 5.02 Å². The summed E-state index contributed by atoms with van der Waals surface area (Å²) in [6, 6.07) is 12.7. The fourth-order valence-electron chi connectivity index (χ4n) is 3.05. The maximum absolute atomic E-state index is 12.6. The van der Waals surface area contributed by atoms with Crippen LogP contribution in [0, 0.1) is 0 Å². The third-order valence-corrected chi connectivity index (χ3v) is 4.77. The van der Waals surface area contributed by atoms with Crippen LogP contribution in [-0.4, -0.2) is 23.7 Å². The number of esters is 1. The van der Waals surface area contributed by atoms with Crippen LogP contribution < -0.4 is 15.7 Å². The number of ether oxygens (including phenoxy) is 2. The molecule has 0 saturated carbocycles. The van der Waals surface area contributed by atoms with E-state index < -0.39 is 29.3 Å². The number of carbonyl (C=O) groups is 2. The molecule has 0 saturated heterocycles. The number of halogens is 1. The Morgan fingerprint density at radius 2 is 1.81 bits per heavy atom. The smallest absolute Gasteiger partial charge is 0.408 e. The summed E-state index contributed by atoms with van der Waals surface area (Å²) in [5.74, 6) is -0.705. The van der Waals surface area contributed by atoms with Crippen molar-refractivity contribution in [2.24, 2.45) is 0 Å². The molecule has 1 unspecified atom stereocenters. The van der Waals surface area contributed by atoms with Gasteiger partial charge in [0.2, 0.25) is 0 Å². The van der Waals surface area contributed by atoms with Crippen molar-refractivity contribution in [2.75, 3.05) is 0 Å². The molecule has 32 heavy (non-hydrogen) atoms. The molecule has 2 aromatic carbocycles. The molecule has 0 aliphatic carbocycles. The van der Waals surface area contributed by atoms with E-state index in [4.69, 9.17) is 25.5 Å². The summed E-state index contributed by atoms with van der Waals surface area (Å²) in [5, 5.41) is 3.24. The maximum atomic E-state index is 12.6. The van der Waals surface area contributed by atoms with Gasteiger partial charge in [0.1, 0.15) is 17.2 Å². The number of benzene rings is 2. The molecule has 1 heterocycles. The molecule has 0 fully saturated rings. The molecule has 1 aromatic heterocycles. The largest absolute Gasteiger partial charge is 0.444 e. The number of rotatable bonds is 5. The molecular weight excluding hydrogens is 434 g/mol. The molecule has 8 heteroatoms. The number of nitrogens with one attached hydrogen (secondary N) is 1. The molecule has 0 radical (unpaired) electrons. The summed E-state index contributed by atoms with van der Waals surface area (Å²) in [7, 11) is 0. The first kappa shape index (κ1) is 23.3. The molecule has 7 nitrogen and oxygen atoms in total. The fraction of sp³-hybridized carbons (Fsp3) is 0.292.